The summed E-state index contributed by atoms with van der Waals surface area (Å²) < 4.78 is 0. The second kappa shape index (κ2) is 14.6. The molecule has 0 aliphatic heterocycles. The first kappa shape index (κ1) is 40.6. The van der Waals surface area contributed by atoms with Crippen molar-refractivity contribution in [1.82, 2.24) is 0 Å². The molecule has 0 fully saturated rings. The molecule has 312 valence electrons. The quantitative estimate of drug-likeness (QED) is 0.162. The summed E-state index contributed by atoms with van der Waals surface area (Å²) in [6.45, 7) is 23.5. The van der Waals surface area contributed by atoms with Gasteiger partial charge in [-0.2, -0.15) is 0 Å². The van der Waals surface area contributed by atoms with Gasteiger partial charge in [-0.05, 0) is 154 Å². The van der Waals surface area contributed by atoms with Gasteiger partial charge in [-0.1, -0.05) is 191 Å². The summed E-state index contributed by atoms with van der Waals surface area (Å²) in [6.07, 6.45) is 0. The molecule has 10 rings (SSSR count). The first-order valence-corrected chi connectivity index (χ1v) is 22.7. The minimum absolute atomic E-state index is 0.0826. The van der Waals surface area contributed by atoms with Gasteiger partial charge in [-0.15, -0.1) is 0 Å². The lowest BCUT2D eigenvalue weighted by molar-refractivity contribution is 0.584. The number of anilines is 3. The molecule has 1 nitrogen and oxygen atoms in total. The second-order valence-corrected chi connectivity index (χ2v) is 21.1. The van der Waals surface area contributed by atoms with Crippen LogP contribution in [0.2, 0.25) is 0 Å². The SMILES string of the molecule is CC(C)(C)c1ccc2c(c1)C(C)(C)c1cc(-c3cc(-c4ccc5c(c4)C(C)(C)c4cc(C(C)(C)C)ccc4-5)cc(N(c4ccccc4)c4ccc(-c5ccccc5)cc4)c3)ccc1-2. The van der Waals surface area contributed by atoms with Crippen molar-refractivity contribution in [2.45, 2.75) is 90.9 Å². The smallest absolute Gasteiger partial charge is 0.0473 e. The third-order valence-electron chi connectivity index (χ3n) is 14.2. The van der Waals surface area contributed by atoms with Crippen molar-refractivity contribution in [3.8, 4) is 55.6 Å². The predicted molar refractivity (Wildman–Crippen MR) is 270 cm³/mol. The molecule has 0 saturated carbocycles. The third kappa shape index (κ3) is 6.94. The molecule has 8 aromatic carbocycles. The molecule has 1 heteroatoms. The lowest BCUT2D eigenvalue weighted by atomic mass is 9.78. The lowest BCUT2D eigenvalue weighted by Gasteiger charge is -2.28. The zero-order chi connectivity index (χ0) is 44.1. The van der Waals surface area contributed by atoms with Crippen molar-refractivity contribution in [2.24, 2.45) is 0 Å². The van der Waals surface area contributed by atoms with Crippen LogP contribution in [0, 0.1) is 0 Å². The molecule has 0 bridgehead atoms. The van der Waals surface area contributed by atoms with Crippen molar-refractivity contribution >= 4 is 17.1 Å². The van der Waals surface area contributed by atoms with Gasteiger partial charge in [0.15, 0.2) is 0 Å². The molecular weight excluding hydrogens is 759 g/mol. The summed E-state index contributed by atoms with van der Waals surface area (Å²) in [6, 6.07) is 66.5. The molecule has 0 amide bonds. The highest BCUT2D eigenvalue weighted by Crippen LogP contribution is 2.53. The number of nitrogens with zero attached hydrogens (tertiary/aromatic N) is 1. The van der Waals surface area contributed by atoms with Crippen molar-refractivity contribution in [2.75, 3.05) is 4.90 Å². The third-order valence-corrected chi connectivity index (χ3v) is 14.2. The summed E-state index contributed by atoms with van der Waals surface area (Å²) >= 11 is 0. The number of rotatable bonds is 6. The average Bonchev–Trinajstić information content (AvgIpc) is 3.64. The van der Waals surface area contributed by atoms with Gasteiger partial charge in [0, 0.05) is 27.9 Å². The molecular formula is C62H59N. The minimum Gasteiger partial charge on any atom is -0.310 e. The Morgan fingerprint density at radius 3 is 1.11 bits per heavy atom. The number of benzene rings is 8. The molecule has 0 spiro atoms. The van der Waals surface area contributed by atoms with E-state index in [2.05, 4.69) is 250 Å². The van der Waals surface area contributed by atoms with Crippen molar-refractivity contribution in [3.05, 3.63) is 209 Å². The molecule has 8 aromatic rings. The van der Waals surface area contributed by atoms with Gasteiger partial charge >= 0.3 is 0 Å². The molecule has 63 heavy (non-hydrogen) atoms. The van der Waals surface area contributed by atoms with Crippen LogP contribution in [0.5, 0.6) is 0 Å². The molecule has 2 aliphatic rings. The highest BCUT2D eigenvalue weighted by atomic mass is 15.1. The number of hydrogen-bond donors (Lipinski definition) is 0. The van der Waals surface area contributed by atoms with Gasteiger partial charge in [-0.3, -0.25) is 0 Å². The molecule has 0 radical (unpaired) electrons. The van der Waals surface area contributed by atoms with Crippen LogP contribution in [0.15, 0.2) is 176 Å². The van der Waals surface area contributed by atoms with E-state index in [0.717, 1.165) is 17.1 Å². The van der Waals surface area contributed by atoms with E-state index >= 15 is 0 Å². The zero-order valence-corrected chi connectivity index (χ0v) is 38.7. The Kier molecular flexibility index (Phi) is 9.39. The minimum atomic E-state index is -0.133. The van der Waals surface area contributed by atoms with E-state index in [-0.39, 0.29) is 21.7 Å². The lowest BCUT2D eigenvalue weighted by Crippen LogP contribution is -2.17. The molecule has 2 aliphatic carbocycles. The number of fused-ring (bicyclic) bond motifs is 6. The maximum atomic E-state index is 2.48. The van der Waals surface area contributed by atoms with Crippen LogP contribution >= 0.6 is 0 Å². The summed E-state index contributed by atoms with van der Waals surface area (Å²) in [5, 5.41) is 0. The van der Waals surface area contributed by atoms with E-state index in [4.69, 9.17) is 0 Å². The Labute approximate surface area is 376 Å². The molecule has 0 saturated heterocycles. The molecule has 0 aromatic heterocycles. The molecule has 0 atom stereocenters. The zero-order valence-electron chi connectivity index (χ0n) is 38.7. The van der Waals surface area contributed by atoms with Crippen LogP contribution in [0.4, 0.5) is 17.1 Å². The van der Waals surface area contributed by atoms with Crippen LogP contribution in [-0.2, 0) is 21.7 Å². The Bertz CT molecular complexity index is 2900. The second-order valence-electron chi connectivity index (χ2n) is 21.1. The fourth-order valence-corrected chi connectivity index (χ4v) is 10.3. The standard InChI is InChI=1S/C62H59N/c1-59(2,3)46-25-31-53-51-29-23-42(36-55(51)61(7,8)57(53)38-46)44-33-45(43-24-30-52-54-32-26-47(60(4,5)6)39-58(54)62(9,10)56(52)37-43)35-50(34-44)63(48-19-15-12-16-20-48)49-27-21-41(22-28-49)40-17-13-11-14-18-40/h11-39H,1-10H3. The number of hydrogen-bond acceptors (Lipinski definition) is 1. The summed E-state index contributed by atoms with van der Waals surface area (Å²) in [5.41, 5.74) is 24.3. The van der Waals surface area contributed by atoms with Crippen molar-refractivity contribution in [3.63, 3.8) is 0 Å². The first-order valence-electron chi connectivity index (χ1n) is 22.7. The van der Waals surface area contributed by atoms with E-state index in [0.29, 0.717) is 0 Å². The van der Waals surface area contributed by atoms with Crippen LogP contribution in [-0.4, -0.2) is 0 Å². The van der Waals surface area contributed by atoms with Gasteiger partial charge in [-0.25, -0.2) is 0 Å². The maximum Gasteiger partial charge on any atom is 0.0473 e. The van der Waals surface area contributed by atoms with E-state index in [1.165, 1.54) is 89.0 Å². The summed E-state index contributed by atoms with van der Waals surface area (Å²) in [7, 11) is 0. The van der Waals surface area contributed by atoms with E-state index in [1.54, 1.807) is 0 Å². The topological polar surface area (TPSA) is 3.24 Å². The highest BCUT2D eigenvalue weighted by Gasteiger charge is 2.38. The van der Waals surface area contributed by atoms with Crippen LogP contribution in [0.3, 0.4) is 0 Å². The molecule has 0 heterocycles. The van der Waals surface area contributed by atoms with E-state index in [9.17, 15) is 0 Å². The maximum absolute atomic E-state index is 2.48. The monoisotopic (exact) mass is 817 g/mol. The Hall–Kier alpha value is -6.44. The molecule has 0 N–H and O–H groups in total. The fraction of sp³-hybridized carbons (Fsp3) is 0.226. The first-order chi connectivity index (χ1) is 30.0. The van der Waals surface area contributed by atoms with E-state index < -0.39 is 0 Å². The fourth-order valence-electron chi connectivity index (χ4n) is 10.3. The summed E-state index contributed by atoms with van der Waals surface area (Å²) in [5.74, 6) is 0. The van der Waals surface area contributed by atoms with Gasteiger partial charge in [0.2, 0.25) is 0 Å². The number of para-hydroxylation sites is 1. The normalized spacial score (nSPS) is 14.4. The Balaban J connectivity index is 1.15. The largest absolute Gasteiger partial charge is 0.310 e. The van der Waals surface area contributed by atoms with Gasteiger partial charge in [0.05, 0.1) is 0 Å². The van der Waals surface area contributed by atoms with Crippen LogP contribution < -0.4 is 4.90 Å². The molecule has 0 unspecified atom stereocenters. The van der Waals surface area contributed by atoms with Crippen molar-refractivity contribution < 1.29 is 0 Å². The Morgan fingerprint density at radius 1 is 0.302 bits per heavy atom. The van der Waals surface area contributed by atoms with Gasteiger partial charge in [0.25, 0.3) is 0 Å². The summed E-state index contributed by atoms with van der Waals surface area (Å²) in [4.78, 5) is 2.42. The highest BCUT2D eigenvalue weighted by molar-refractivity contribution is 5.90. The average molecular weight is 818 g/mol. The van der Waals surface area contributed by atoms with Crippen LogP contribution in [0.25, 0.3) is 55.6 Å². The van der Waals surface area contributed by atoms with Gasteiger partial charge < -0.3 is 4.90 Å². The van der Waals surface area contributed by atoms with E-state index in [1.807, 2.05) is 0 Å². The van der Waals surface area contributed by atoms with Crippen LogP contribution in [0.1, 0.15) is 103 Å². The van der Waals surface area contributed by atoms with Gasteiger partial charge in [0.1, 0.15) is 0 Å². The van der Waals surface area contributed by atoms with Crippen molar-refractivity contribution in [1.29, 1.82) is 0 Å². The Morgan fingerprint density at radius 2 is 0.667 bits per heavy atom. The predicted octanol–water partition coefficient (Wildman–Crippen LogP) is 17.4.